The molecule has 1 unspecified atom stereocenters. The lowest BCUT2D eigenvalue weighted by atomic mass is 10.0. The van der Waals surface area contributed by atoms with Gasteiger partial charge in [-0.1, -0.05) is 18.2 Å². The van der Waals surface area contributed by atoms with Crippen molar-refractivity contribution in [2.24, 2.45) is 11.8 Å². The maximum Gasteiger partial charge on any atom is 0.119 e. The van der Waals surface area contributed by atoms with Crippen LogP contribution < -0.4 is 4.74 Å². The van der Waals surface area contributed by atoms with Crippen molar-refractivity contribution < 1.29 is 4.74 Å². The van der Waals surface area contributed by atoms with Gasteiger partial charge in [-0.25, -0.2) is 0 Å². The van der Waals surface area contributed by atoms with Crippen LogP contribution in [0.15, 0.2) is 48.9 Å². The van der Waals surface area contributed by atoms with E-state index < -0.39 is 0 Å². The van der Waals surface area contributed by atoms with E-state index in [0.29, 0.717) is 6.10 Å². The average Bonchev–Trinajstić information content (AvgIpc) is 3.07. The van der Waals surface area contributed by atoms with E-state index in [1.807, 2.05) is 24.4 Å². The number of likely N-dealkylation sites (tertiary alicyclic amines) is 1. The third-order valence-electron chi connectivity index (χ3n) is 4.83. The van der Waals surface area contributed by atoms with Gasteiger partial charge in [0.15, 0.2) is 0 Å². The number of ether oxygens (including phenoxy) is 1. The summed E-state index contributed by atoms with van der Waals surface area (Å²) in [6, 6.07) is 10.2. The zero-order valence-corrected chi connectivity index (χ0v) is 12.6. The Kier molecular flexibility index (Phi) is 3.77. The lowest BCUT2D eigenvalue weighted by Gasteiger charge is -2.19. The lowest BCUT2D eigenvalue weighted by molar-refractivity contribution is 0.184. The lowest BCUT2D eigenvalue weighted by Crippen LogP contribution is -2.24. The van der Waals surface area contributed by atoms with E-state index in [2.05, 4.69) is 27.0 Å². The fourth-order valence-electron chi connectivity index (χ4n) is 3.90. The summed E-state index contributed by atoms with van der Waals surface area (Å²) in [5.74, 6) is 2.54. The van der Waals surface area contributed by atoms with Crippen molar-refractivity contribution in [3.05, 3.63) is 54.6 Å². The molecule has 2 heterocycles. The van der Waals surface area contributed by atoms with Gasteiger partial charge in [0.05, 0.1) is 11.8 Å². The van der Waals surface area contributed by atoms with Gasteiger partial charge in [-0.2, -0.15) is 0 Å². The predicted molar refractivity (Wildman–Crippen MR) is 84.4 cm³/mol. The first kappa shape index (κ1) is 13.7. The van der Waals surface area contributed by atoms with Gasteiger partial charge in [0, 0.05) is 38.2 Å². The van der Waals surface area contributed by atoms with Crippen molar-refractivity contribution in [2.45, 2.75) is 25.5 Å². The average molecular weight is 295 g/mol. The van der Waals surface area contributed by atoms with Crippen LogP contribution in [0.25, 0.3) is 0 Å². The summed E-state index contributed by atoms with van der Waals surface area (Å²) in [7, 11) is 0. The number of fused-ring (bicyclic) bond motifs is 1. The van der Waals surface area contributed by atoms with Crippen LogP contribution in [0, 0.1) is 11.8 Å². The highest BCUT2D eigenvalue weighted by atomic mass is 16.5. The Morgan fingerprint density at radius 2 is 1.82 bits per heavy atom. The molecule has 4 heteroatoms. The SMILES string of the molecule is c1ccc(OC2C[C@@H]3CN(Cc4cnccn4)C[C@@H]3C2)cc1. The molecule has 1 aromatic heterocycles. The van der Waals surface area contributed by atoms with Crippen molar-refractivity contribution >= 4 is 0 Å². The molecular formula is C18H21N3O. The molecule has 1 saturated carbocycles. The number of hydrogen-bond donors (Lipinski definition) is 0. The number of benzene rings is 1. The molecule has 1 saturated heterocycles. The molecule has 4 nitrogen and oxygen atoms in total. The Morgan fingerprint density at radius 3 is 2.50 bits per heavy atom. The van der Waals surface area contributed by atoms with Crippen LogP contribution in [0.5, 0.6) is 5.75 Å². The fourth-order valence-corrected chi connectivity index (χ4v) is 3.90. The topological polar surface area (TPSA) is 38.2 Å². The minimum atomic E-state index is 0.385. The molecule has 0 radical (unpaired) electrons. The van der Waals surface area contributed by atoms with E-state index in [0.717, 1.165) is 42.9 Å². The zero-order valence-electron chi connectivity index (χ0n) is 12.6. The van der Waals surface area contributed by atoms with Crippen molar-refractivity contribution in [1.29, 1.82) is 0 Å². The zero-order chi connectivity index (χ0) is 14.8. The van der Waals surface area contributed by atoms with Gasteiger partial charge < -0.3 is 4.74 Å². The van der Waals surface area contributed by atoms with Gasteiger partial charge in [-0.05, 0) is 36.8 Å². The molecular weight excluding hydrogens is 274 g/mol. The third-order valence-corrected chi connectivity index (χ3v) is 4.83. The first-order valence-electron chi connectivity index (χ1n) is 8.06. The second-order valence-corrected chi connectivity index (χ2v) is 6.44. The van der Waals surface area contributed by atoms with E-state index >= 15 is 0 Å². The highest BCUT2D eigenvalue weighted by Crippen LogP contribution is 2.40. The van der Waals surface area contributed by atoms with Gasteiger partial charge in [0.1, 0.15) is 5.75 Å². The van der Waals surface area contributed by atoms with Crippen LogP contribution in [0.4, 0.5) is 0 Å². The smallest absolute Gasteiger partial charge is 0.119 e. The molecule has 0 N–H and O–H groups in total. The monoisotopic (exact) mass is 295 g/mol. The molecule has 2 aromatic rings. The Hall–Kier alpha value is -1.94. The Labute approximate surface area is 131 Å². The van der Waals surface area contributed by atoms with Crippen LogP contribution in [0.2, 0.25) is 0 Å². The molecule has 0 bridgehead atoms. The molecule has 4 rings (SSSR count). The van der Waals surface area contributed by atoms with E-state index in [-0.39, 0.29) is 0 Å². The number of para-hydroxylation sites is 1. The number of aromatic nitrogens is 2. The molecule has 2 fully saturated rings. The maximum absolute atomic E-state index is 6.12. The molecule has 114 valence electrons. The van der Waals surface area contributed by atoms with Gasteiger partial charge in [-0.3, -0.25) is 14.9 Å². The Morgan fingerprint density at radius 1 is 1.05 bits per heavy atom. The molecule has 1 aromatic carbocycles. The first-order chi connectivity index (χ1) is 10.9. The summed E-state index contributed by atoms with van der Waals surface area (Å²) >= 11 is 0. The van der Waals surface area contributed by atoms with Crippen molar-refractivity contribution in [3.63, 3.8) is 0 Å². The second kappa shape index (κ2) is 6.05. The molecule has 0 amide bonds. The van der Waals surface area contributed by atoms with Crippen molar-refractivity contribution in [2.75, 3.05) is 13.1 Å². The molecule has 1 aliphatic carbocycles. The van der Waals surface area contributed by atoms with Gasteiger partial charge in [0.2, 0.25) is 0 Å². The molecule has 2 aliphatic rings. The minimum absolute atomic E-state index is 0.385. The van der Waals surface area contributed by atoms with Crippen LogP contribution >= 0.6 is 0 Å². The standard InChI is InChI=1S/C18H21N3O/c1-2-4-17(5-3-1)22-18-8-14-11-21(12-15(14)9-18)13-16-10-19-6-7-20-16/h1-7,10,14-15,18H,8-9,11-13H2/t14-,15+,18?. The summed E-state index contributed by atoms with van der Waals surface area (Å²) in [4.78, 5) is 11.0. The fraction of sp³-hybridized carbons (Fsp3) is 0.444. The van der Waals surface area contributed by atoms with E-state index in [1.54, 1.807) is 12.4 Å². The summed E-state index contributed by atoms with van der Waals surface area (Å²) in [5, 5.41) is 0. The summed E-state index contributed by atoms with van der Waals surface area (Å²) < 4.78 is 6.12. The normalized spacial score (nSPS) is 27.7. The largest absolute Gasteiger partial charge is 0.490 e. The van der Waals surface area contributed by atoms with Gasteiger partial charge in [0.25, 0.3) is 0 Å². The third kappa shape index (κ3) is 2.97. The van der Waals surface area contributed by atoms with Gasteiger partial charge >= 0.3 is 0 Å². The summed E-state index contributed by atoms with van der Waals surface area (Å²) in [6.45, 7) is 3.25. The van der Waals surface area contributed by atoms with Crippen LogP contribution in [-0.2, 0) is 6.54 Å². The highest BCUT2D eigenvalue weighted by molar-refractivity contribution is 5.21. The van der Waals surface area contributed by atoms with E-state index in [1.165, 1.54) is 12.8 Å². The van der Waals surface area contributed by atoms with Crippen molar-refractivity contribution in [1.82, 2.24) is 14.9 Å². The maximum atomic E-state index is 6.12. The Bertz CT molecular complexity index is 537. The Balaban J connectivity index is 1.31. The number of rotatable bonds is 4. The van der Waals surface area contributed by atoms with Gasteiger partial charge in [-0.15, -0.1) is 0 Å². The molecule has 0 spiro atoms. The first-order valence-corrected chi connectivity index (χ1v) is 8.06. The quantitative estimate of drug-likeness (QED) is 0.869. The van der Waals surface area contributed by atoms with Crippen LogP contribution in [0.3, 0.4) is 0 Å². The van der Waals surface area contributed by atoms with E-state index in [4.69, 9.17) is 4.74 Å². The van der Waals surface area contributed by atoms with Crippen LogP contribution in [-0.4, -0.2) is 34.1 Å². The predicted octanol–water partition coefficient (Wildman–Crippen LogP) is 2.77. The molecule has 22 heavy (non-hydrogen) atoms. The van der Waals surface area contributed by atoms with E-state index in [9.17, 15) is 0 Å². The highest BCUT2D eigenvalue weighted by Gasteiger charge is 2.41. The summed E-state index contributed by atoms with van der Waals surface area (Å²) in [5.41, 5.74) is 1.07. The number of nitrogens with zero attached hydrogens (tertiary/aromatic N) is 3. The molecule has 1 aliphatic heterocycles. The van der Waals surface area contributed by atoms with Crippen molar-refractivity contribution in [3.8, 4) is 5.75 Å². The number of hydrogen-bond acceptors (Lipinski definition) is 4. The summed E-state index contributed by atoms with van der Waals surface area (Å²) in [6.07, 6.45) is 8.11. The van der Waals surface area contributed by atoms with Crippen LogP contribution in [0.1, 0.15) is 18.5 Å². The second-order valence-electron chi connectivity index (χ2n) is 6.44. The molecule has 3 atom stereocenters. The minimum Gasteiger partial charge on any atom is -0.490 e.